The first-order chi connectivity index (χ1) is 33.5. The van der Waals surface area contributed by atoms with Crippen LogP contribution in [-0.2, 0) is 48.0 Å². The van der Waals surface area contributed by atoms with Gasteiger partial charge in [-0.1, -0.05) is 54.6 Å². The Morgan fingerprint density at radius 3 is 2.30 bits per heavy atom. The number of aliphatic hydroxyl groups is 3. The summed E-state index contributed by atoms with van der Waals surface area (Å²) in [5.41, 5.74) is 9.39. The average Bonchev–Trinajstić information content (AvgIpc) is 3.34. The number of ketones is 3. The number of ether oxygens (including phenoxy) is 4. The molecule has 1 fully saturated rings. The number of hydrogen-bond acceptors (Lipinski definition) is 17. The minimum absolute atomic E-state index is 0.0391. The van der Waals surface area contributed by atoms with E-state index in [0.29, 0.717) is 37.1 Å². The number of nitrogens with one attached hydrogen (secondary N) is 3. The Kier molecular flexibility index (Phi) is 16.0. The van der Waals surface area contributed by atoms with Crippen LogP contribution in [0.3, 0.4) is 0 Å². The lowest BCUT2D eigenvalue weighted by Gasteiger charge is -2.42. The minimum atomic E-state index is -2.39. The number of benzene rings is 4. The fourth-order valence-electron chi connectivity index (χ4n) is 9.12. The van der Waals surface area contributed by atoms with Gasteiger partial charge in [0.15, 0.2) is 17.9 Å². The van der Waals surface area contributed by atoms with Crippen LogP contribution in [0.4, 0.5) is 10.5 Å². The van der Waals surface area contributed by atoms with Crippen molar-refractivity contribution in [3.05, 3.63) is 117 Å². The Hall–Kier alpha value is -6.78. The Morgan fingerprint density at radius 1 is 0.900 bits per heavy atom. The number of nitrogens with two attached hydrogens (primary N) is 2. The molecule has 20 heteroatoms. The van der Waals surface area contributed by atoms with Crippen molar-refractivity contribution in [3.8, 4) is 17.2 Å². The van der Waals surface area contributed by atoms with Gasteiger partial charge in [-0.25, -0.2) is 4.79 Å². The zero-order chi connectivity index (χ0) is 50.4. The number of aliphatic hydroxyl groups excluding tert-OH is 2. The molecule has 4 aromatic rings. The zero-order valence-corrected chi connectivity index (χ0v) is 38.5. The molecular weight excluding hydrogens is 911 g/mol. The summed E-state index contributed by atoms with van der Waals surface area (Å²) in [6.45, 7) is 0.576. The number of phenols is 2. The first-order valence-electron chi connectivity index (χ1n) is 22.8. The van der Waals surface area contributed by atoms with Crippen molar-refractivity contribution >= 4 is 40.9 Å². The number of unbranched alkanes of at least 4 members (excludes halogenated alkanes) is 1. The summed E-state index contributed by atoms with van der Waals surface area (Å²) >= 11 is 0. The molecule has 1 saturated heterocycles. The fraction of sp³-hybridized carbons (Fsp3) is 0.400. The molecule has 0 radical (unpaired) electrons. The van der Waals surface area contributed by atoms with E-state index in [2.05, 4.69) is 16.0 Å². The van der Waals surface area contributed by atoms with E-state index >= 15 is 0 Å². The van der Waals surface area contributed by atoms with Gasteiger partial charge in [0, 0.05) is 41.6 Å². The second-order valence-electron chi connectivity index (χ2n) is 17.7. The molecule has 12 N–H and O–H groups in total. The Bertz CT molecular complexity index is 2630. The quantitative estimate of drug-likeness (QED) is 0.0444. The molecule has 0 spiro atoms. The van der Waals surface area contributed by atoms with Crippen molar-refractivity contribution in [2.45, 2.75) is 107 Å². The van der Waals surface area contributed by atoms with Crippen LogP contribution in [0, 0.1) is 0 Å². The topological polar surface area (TPSA) is 329 Å². The van der Waals surface area contributed by atoms with E-state index in [1.54, 1.807) is 24.3 Å². The third kappa shape index (κ3) is 10.8. The molecule has 4 unspecified atom stereocenters. The van der Waals surface area contributed by atoms with Gasteiger partial charge in [-0.15, -0.1) is 0 Å². The Morgan fingerprint density at radius 2 is 1.61 bits per heavy atom. The van der Waals surface area contributed by atoms with E-state index in [-0.39, 0.29) is 47.5 Å². The van der Waals surface area contributed by atoms with Gasteiger partial charge >= 0.3 is 6.09 Å². The lowest BCUT2D eigenvalue weighted by Crippen LogP contribution is -2.56. The summed E-state index contributed by atoms with van der Waals surface area (Å²) in [7, 11) is 1.29. The molecule has 3 amide bonds. The van der Waals surface area contributed by atoms with Gasteiger partial charge in [-0.3, -0.25) is 24.0 Å². The smallest absolute Gasteiger partial charge is 0.407 e. The van der Waals surface area contributed by atoms with Gasteiger partial charge in [0.1, 0.15) is 48.2 Å². The second kappa shape index (κ2) is 21.9. The fourth-order valence-corrected chi connectivity index (χ4v) is 9.12. The molecule has 1 heterocycles. The number of hydrogen-bond donors (Lipinski definition) is 10. The van der Waals surface area contributed by atoms with Crippen molar-refractivity contribution < 1.29 is 73.2 Å². The molecule has 3 aliphatic rings. The molecule has 372 valence electrons. The van der Waals surface area contributed by atoms with Gasteiger partial charge in [0.25, 0.3) is 0 Å². The van der Waals surface area contributed by atoms with E-state index in [1.165, 1.54) is 32.2 Å². The number of fused-ring (bicyclic) bond motifs is 3. The van der Waals surface area contributed by atoms with Gasteiger partial charge in [-0.2, -0.15) is 0 Å². The number of rotatable bonds is 18. The molecule has 0 aromatic heterocycles. The second-order valence-corrected chi connectivity index (χ2v) is 17.7. The van der Waals surface area contributed by atoms with Crippen molar-refractivity contribution in [1.82, 2.24) is 10.6 Å². The first-order valence-corrected chi connectivity index (χ1v) is 22.8. The summed E-state index contributed by atoms with van der Waals surface area (Å²) < 4.78 is 23.0. The maximum atomic E-state index is 14.0. The number of amides is 3. The summed E-state index contributed by atoms with van der Waals surface area (Å²) in [5.74, 6) is -5.17. The third-order valence-corrected chi connectivity index (χ3v) is 12.9. The number of carbonyl (C=O) groups excluding carboxylic acids is 6. The summed E-state index contributed by atoms with van der Waals surface area (Å²) in [5, 5.41) is 64.2. The van der Waals surface area contributed by atoms with Gasteiger partial charge in [0.2, 0.25) is 17.6 Å². The lowest BCUT2D eigenvalue weighted by molar-refractivity contribution is -0.249. The molecule has 0 bridgehead atoms. The summed E-state index contributed by atoms with van der Waals surface area (Å²) in [6, 6.07) is 17.1. The maximum absolute atomic E-state index is 14.0. The molecule has 20 nitrogen and oxygen atoms in total. The van der Waals surface area contributed by atoms with E-state index in [9.17, 15) is 54.3 Å². The van der Waals surface area contributed by atoms with E-state index in [1.807, 2.05) is 30.3 Å². The first kappa shape index (κ1) is 51.1. The number of alkyl carbamates (subject to hydrolysis) is 1. The molecule has 2 aliphatic carbocycles. The highest BCUT2D eigenvalue weighted by atomic mass is 16.7. The van der Waals surface area contributed by atoms with Crippen LogP contribution >= 0.6 is 0 Å². The number of carbonyl (C=O) groups is 6. The highest BCUT2D eigenvalue weighted by Gasteiger charge is 2.50. The normalized spacial score (nSPS) is 22.4. The molecular formula is C50H57N5O15. The van der Waals surface area contributed by atoms with Crippen LogP contribution < -0.4 is 32.2 Å². The average molecular weight is 968 g/mol. The maximum Gasteiger partial charge on any atom is 0.407 e. The predicted molar refractivity (Wildman–Crippen MR) is 249 cm³/mol. The molecule has 8 atom stereocenters. The monoisotopic (exact) mass is 967 g/mol. The number of methoxy groups -OCH3 is 1. The van der Waals surface area contributed by atoms with Crippen molar-refractivity contribution in [1.29, 1.82) is 0 Å². The van der Waals surface area contributed by atoms with E-state index in [0.717, 1.165) is 5.56 Å². The van der Waals surface area contributed by atoms with E-state index < -0.39 is 126 Å². The van der Waals surface area contributed by atoms with Crippen LogP contribution in [0.5, 0.6) is 17.2 Å². The molecule has 7 rings (SSSR count). The van der Waals surface area contributed by atoms with Gasteiger partial charge < -0.3 is 71.9 Å². The largest absolute Gasteiger partial charge is 0.507 e. The van der Waals surface area contributed by atoms with Crippen LogP contribution in [0.2, 0.25) is 0 Å². The number of phenolic OH excluding ortho intramolecular Hbond substituents is 2. The summed E-state index contributed by atoms with van der Waals surface area (Å²) in [4.78, 5) is 80.5. The molecule has 1 aliphatic heterocycles. The van der Waals surface area contributed by atoms with Gasteiger partial charge in [-0.05, 0) is 68.5 Å². The SMILES string of the molecule is COc1cccc2c1C(=O)c1c(O)c3c(c(O)c1C2=O)C[C@@](O)(C(=O)CO)C[C@@H]3OC1CC(NC(=O)OCc2ccc(NC(=O)[C@H](CCCCN)NC(=O)[C@@H](N)Cc3ccccc3)cc2)C(O)C(C)O1. The van der Waals surface area contributed by atoms with Crippen molar-refractivity contribution in [2.75, 3.05) is 25.6 Å². The van der Waals surface area contributed by atoms with Crippen LogP contribution in [0.25, 0.3) is 0 Å². The van der Waals surface area contributed by atoms with Crippen molar-refractivity contribution in [2.24, 2.45) is 11.5 Å². The number of Topliss-reactive ketones (excluding diaryl/α,β-unsaturated/α-hetero) is 1. The van der Waals surface area contributed by atoms with Crippen LogP contribution in [0.15, 0.2) is 72.8 Å². The van der Waals surface area contributed by atoms with Crippen LogP contribution in [-0.4, -0.2) is 123 Å². The van der Waals surface area contributed by atoms with Gasteiger partial charge in [0.05, 0.1) is 48.1 Å². The highest BCUT2D eigenvalue weighted by Crippen LogP contribution is 2.52. The molecule has 4 aromatic carbocycles. The standard InChI is InChI=1S/C50H57N5O15/c1-25-42(58)33(55-49(65)68-24-27-14-16-28(17-15-27)53-48(64)32(12-6-7-18-51)54-47(63)31(52)19-26-9-4-3-5-10-26)20-37(69-25)70-35-22-50(66,36(57)23-56)21-30-39(35)46(62)41-40(44(30)60)43(59)29-11-8-13-34(67-2)38(29)45(41)61/h3-5,8-11,13-17,25,31-33,35,37,42,56,58,60,62,66H,6-7,12,18-24,51-52H2,1-2H3,(H,53,64)(H,54,63)(H,55,65)/t25?,31-,32-,33?,35-,37?,42?,50-/m0/s1. The Balaban J connectivity index is 1.00. The predicted octanol–water partition coefficient (Wildman–Crippen LogP) is 2.09. The number of aromatic hydroxyl groups is 2. The lowest BCUT2D eigenvalue weighted by atomic mass is 9.72. The minimum Gasteiger partial charge on any atom is -0.507 e. The third-order valence-electron chi connectivity index (χ3n) is 12.9. The highest BCUT2D eigenvalue weighted by molar-refractivity contribution is 6.31. The van der Waals surface area contributed by atoms with Crippen molar-refractivity contribution in [3.63, 3.8) is 0 Å². The van der Waals surface area contributed by atoms with E-state index in [4.69, 9.17) is 30.4 Å². The Labute approximate surface area is 402 Å². The number of anilines is 1. The molecule has 70 heavy (non-hydrogen) atoms. The van der Waals surface area contributed by atoms with Crippen LogP contribution in [0.1, 0.15) is 99.2 Å². The molecule has 0 saturated carbocycles. The summed E-state index contributed by atoms with van der Waals surface area (Å²) in [6.07, 6.45) is -5.76. The zero-order valence-electron chi connectivity index (χ0n) is 38.5.